The van der Waals surface area contributed by atoms with E-state index in [1.807, 2.05) is 37.5 Å². The Balaban J connectivity index is 1.75. The molecule has 0 fully saturated rings. The SMILES string of the molecule is Cn1cc2ccc(C(=O)NCc3cccnc3)cc2n1. The van der Waals surface area contributed by atoms with Crippen molar-refractivity contribution in [2.24, 2.45) is 7.05 Å². The first-order valence-electron chi connectivity index (χ1n) is 6.33. The molecule has 3 aromatic rings. The summed E-state index contributed by atoms with van der Waals surface area (Å²) in [6.45, 7) is 0.465. The van der Waals surface area contributed by atoms with Gasteiger partial charge in [0.05, 0.1) is 5.52 Å². The maximum Gasteiger partial charge on any atom is 0.251 e. The zero-order chi connectivity index (χ0) is 13.9. The Bertz CT molecular complexity index is 749. The van der Waals surface area contributed by atoms with Crippen molar-refractivity contribution in [3.63, 3.8) is 0 Å². The third-order valence-corrected chi connectivity index (χ3v) is 3.06. The standard InChI is InChI=1S/C15H14N4O/c1-19-10-13-5-4-12(7-14(13)18-19)15(20)17-9-11-3-2-6-16-8-11/h2-8,10H,9H2,1H3,(H,17,20). The highest BCUT2D eigenvalue weighted by molar-refractivity contribution is 5.97. The van der Waals surface area contributed by atoms with Gasteiger partial charge >= 0.3 is 0 Å². The molecule has 20 heavy (non-hydrogen) atoms. The van der Waals surface area contributed by atoms with Crippen molar-refractivity contribution in [1.29, 1.82) is 0 Å². The summed E-state index contributed by atoms with van der Waals surface area (Å²) in [6, 6.07) is 9.29. The number of amides is 1. The summed E-state index contributed by atoms with van der Waals surface area (Å²) in [5.74, 6) is -0.110. The summed E-state index contributed by atoms with van der Waals surface area (Å²) >= 11 is 0. The summed E-state index contributed by atoms with van der Waals surface area (Å²) in [5.41, 5.74) is 2.40. The zero-order valence-electron chi connectivity index (χ0n) is 11.1. The van der Waals surface area contributed by atoms with Crippen molar-refractivity contribution in [3.8, 4) is 0 Å². The van der Waals surface area contributed by atoms with Crippen LogP contribution in [-0.2, 0) is 13.6 Å². The molecule has 2 heterocycles. The maximum atomic E-state index is 12.1. The van der Waals surface area contributed by atoms with E-state index in [1.54, 1.807) is 23.1 Å². The molecule has 0 aliphatic rings. The van der Waals surface area contributed by atoms with Gasteiger partial charge < -0.3 is 5.32 Å². The van der Waals surface area contributed by atoms with Crippen LogP contribution in [0.1, 0.15) is 15.9 Å². The normalized spacial score (nSPS) is 10.7. The number of fused-ring (bicyclic) bond motifs is 1. The fourth-order valence-electron chi connectivity index (χ4n) is 2.07. The second-order valence-corrected chi connectivity index (χ2v) is 4.62. The van der Waals surface area contributed by atoms with Gasteiger partial charge in [0.15, 0.2) is 0 Å². The number of nitrogens with zero attached hydrogens (tertiary/aromatic N) is 3. The lowest BCUT2D eigenvalue weighted by Gasteiger charge is -2.04. The molecule has 3 rings (SSSR count). The summed E-state index contributed by atoms with van der Waals surface area (Å²) in [7, 11) is 1.86. The molecule has 0 radical (unpaired) electrons. The minimum atomic E-state index is -0.110. The molecule has 2 aromatic heterocycles. The number of aryl methyl sites for hydroxylation is 1. The molecular weight excluding hydrogens is 252 g/mol. The fraction of sp³-hybridized carbons (Fsp3) is 0.133. The highest BCUT2D eigenvalue weighted by atomic mass is 16.1. The number of rotatable bonds is 3. The van der Waals surface area contributed by atoms with Gasteiger partial charge in [0.2, 0.25) is 0 Å². The van der Waals surface area contributed by atoms with Crippen LogP contribution in [-0.4, -0.2) is 20.7 Å². The summed E-state index contributed by atoms with van der Waals surface area (Å²) < 4.78 is 1.74. The predicted molar refractivity (Wildman–Crippen MR) is 76.1 cm³/mol. The van der Waals surface area contributed by atoms with E-state index in [1.165, 1.54) is 0 Å². The first kappa shape index (κ1) is 12.3. The Morgan fingerprint density at radius 1 is 1.35 bits per heavy atom. The summed E-state index contributed by atoms with van der Waals surface area (Å²) in [6.07, 6.45) is 5.37. The van der Waals surface area contributed by atoms with Crippen molar-refractivity contribution >= 4 is 16.8 Å². The quantitative estimate of drug-likeness (QED) is 0.787. The summed E-state index contributed by atoms with van der Waals surface area (Å²) in [4.78, 5) is 16.1. The van der Waals surface area contributed by atoms with E-state index in [4.69, 9.17) is 0 Å². The second-order valence-electron chi connectivity index (χ2n) is 4.62. The number of benzene rings is 1. The van der Waals surface area contributed by atoms with Crippen LogP contribution in [0.2, 0.25) is 0 Å². The molecule has 5 heteroatoms. The van der Waals surface area contributed by atoms with Crippen LogP contribution in [0.3, 0.4) is 0 Å². The molecule has 0 spiro atoms. The van der Waals surface area contributed by atoms with E-state index in [0.717, 1.165) is 16.5 Å². The van der Waals surface area contributed by atoms with Crippen molar-refractivity contribution in [3.05, 3.63) is 60.0 Å². The molecular formula is C15H14N4O. The van der Waals surface area contributed by atoms with E-state index >= 15 is 0 Å². The van der Waals surface area contributed by atoms with Gasteiger partial charge in [0, 0.05) is 43.1 Å². The van der Waals surface area contributed by atoms with Crippen LogP contribution in [0.5, 0.6) is 0 Å². The number of aromatic nitrogens is 3. The summed E-state index contributed by atoms with van der Waals surface area (Å²) in [5, 5.41) is 8.20. The number of nitrogens with one attached hydrogen (secondary N) is 1. The molecule has 0 aliphatic heterocycles. The number of pyridine rings is 1. The molecule has 100 valence electrons. The lowest BCUT2D eigenvalue weighted by atomic mass is 10.1. The monoisotopic (exact) mass is 266 g/mol. The molecule has 1 N–H and O–H groups in total. The largest absolute Gasteiger partial charge is 0.348 e. The number of hydrogen-bond acceptors (Lipinski definition) is 3. The van der Waals surface area contributed by atoms with Gasteiger partial charge in [-0.15, -0.1) is 0 Å². The Kier molecular flexibility index (Phi) is 3.16. The minimum Gasteiger partial charge on any atom is -0.348 e. The average molecular weight is 266 g/mol. The highest BCUT2D eigenvalue weighted by Gasteiger charge is 2.07. The topological polar surface area (TPSA) is 59.8 Å². The highest BCUT2D eigenvalue weighted by Crippen LogP contribution is 2.14. The smallest absolute Gasteiger partial charge is 0.251 e. The minimum absolute atomic E-state index is 0.110. The van der Waals surface area contributed by atoms with E-state index in [9.17, 15) is 4.79 Å². The lowest BCUT2D eigenvalue weighted by molar-refractivity contribution is 0.0951. The van der Waals surface area contributed by atoms with Gasteiger partial charge in [-0.1, -0.05) is 12.1 Å². The molecule has 0 saturated carbocycles. The number of hydrogen-bond donors (Lipinski definition) is 1. The van der Waals surface area contributed by atoms with Crippen LogP contribution in [0.25, 0.3) is 10.9 Å². The van der Waals surface area contributed by atoms with Crippen molar-refractivity contribution in [2.45, 2.75) is 6.54 Å². The molecule has 0 atom stereocenters. The van der Waals surface area contributed by atoms with Crippen LogP contribution < -0.4 is 5.32 Å². The van der Waals surface area contributed by atoms with E-state index in [2.05, 4.69) is 15.4 Å². The molecule has 0 aliphatic carbocycles. The van der Waals surface area contributed by atoms with Gasteiger partial charge in [-0.3, -0.25) is 14.5 Å². The maximum absolute atomic E-state index is 12.1. The fourth-order valence-corrected chi connectivity index (χ4v) is 2.07. The Morgan fingerprint density at radius 3 is 3.05 bits per heavy atom. The molecule has 0 bridgehead atoms. The van der Waals surface area contributed by atoms with Crippen molar-refractivity contribution < 1.29 is 4.79 Å². The van der Waals surface area contributed by atoms with E-state index < -0.39 is 0 Å². The van der Waals surface area contributed by atoms with Gasteiger partial charge in [0.25, 0.3) is 5.91 Å². The van der Waals surface area contributed by atoms with Gasteiger partial charge in [-0.25, -0.2) is 0 Å². The molecule has 0 unspecified atom stereocenters. The van der Waals surface area contributed by atoms with Gasteiger partial charge in [0.1, 0.15) is 0 Å². The van der Waals surface area contributed by atoms with E-state index in [-0.39, 0.29) is 5.91 Å². The van der Waals surface area contributed by atoms with Gasteiger partial charge in [-0.05, 0) is 23.8 Å². The van der Waals surface area contributed by atoms with Crippen LogP contribution >= 0.6 is 0 Å². The second kappa shape index (κ2) is 5.13. The number of carbonyl (C=O) groups is 1. The first-order chi connectivity index (χ1) is 9.72. The van der Waals surface area contributed by atoms with Gasteiger partial charge in [-0.2, -0.15) is 5.10 Å². The molecule has 1 amide bonds. The average Bonchev–Trinajstić information content (AvgIpc) is 2.85. The lowest BCUT2D eigenvalue weighted by Crippen LogP contribution is -2.22. The Morgan fingerprint density at radius 2 is 2.25 bits per heavy atom. The molecule has 1 aromatic carbocycles. The van der Waals surface area contributed by atoms with Crippen LogP contribution in [0.15, 0.2) is 48.9 Å². The van der Waals surface area contributed by atoms with Crippen molar-refractivity contribution in [1.82, 2.24) is 20.1 Å². The molecule has 0 saturated heterocycles. The van der Waals surface area contributed by atoms with Crippen LogP contribution in [0, 0.1) is 0 Å². The third kappa shape index (κ3) is 2.51. The van der Waals surface area contributed by atoms with Crippen LogP contribution in [0.4, 0.5) is 0 Å². The van der Waals surface area contributed by atoms with E-state index in [0.29, 0.717) is 12.1 Å². The number of carbonyl (C=O) groups excluding carboxylic acids is 1. The zero-order valence-corrected chi connectivity index (χ0v) is 11.1. The van der Waals surface area contributed by atoms with Crippen molar-refractivity contribution in [2.75, 3.05) is 0 Å². The third-order valence-electron chi connectivity index (χ3n) is 3.06. The Labute approximate surface area is 116 Å². The molecule has 5 nitrogen and oxygen atoms in total. The first-order valence-corrected chi connectivity index (χ1v) is 6.33. The predicted octanol–water partition coefficient (Wildman–Crippen LogP) is 1.90. The Hall–Kier alpha value is -2.69.